The van der Waals surface area contributed by atoms with Crippen molar-refractivity contribution in [2.24, 2.45) is 0 Å². The van der Waals surface area contributed by atoms with Crippen LogP contribution in [0, 0.1) is 0 Å². The highest BCUT2D eigenvalue weighted by atomic mass is 32.2. The van der Waals surface area contributed by atoms with E-state index in [-0.39, 0.29) is 0 Å². The Bertz CT molecular complexity index is 596. The highest BCUT2D eigenvalue weighted by Gasteiger charge is 2.27. The van der Waals surface area contributed by atoms with Crippen LogP contribution in [0.1, 0.15) is 24.6 Å². The predicted molar refractivity (Wildman–Crippen MR) is 79.9 cm³/mol. The van der Waals surface area contributed by atoms with Crippen molar-refractivity contribution in [2.75, 3.05) is 17.3 Å². The van der Waals surface area contributed by atoms with Crippen LogP contribution < -0.4 is 11.1 Å². The van der Waals surface area contributed by atoms with Gasteiger partial charge in [-0.15, -0.1) is 11.8 Å². The van der Waals surface area contributed by atoms with Gasteiger partial charge in [-0.1, -0.05) is 12.1 Å². The van der Waals surface area contributed by atoms with Crippen molar-refractivity contribution in [3.63, 3.8) is 0 Å². The number of rotatable bonds is 4. The van der Waals surface area contributed by atoms with Crippen LogP contribution in [0.5, 0.6) is 0 Å². The summed E-state index contributed by atoms with van der Waals surface area (Å²) in [5.74, 6) is 2.67. The summed E-state index contributed by atoms with van der Waals surface area (Å²) in [4.78, 5) is 10.0. The summed E-state index contributed by atoms with van der Waals surface area (Å²) in [6.45, 7) is 0. The molecule has 1 aliphatic rings. The van der Waals surface area contributed by atoms with E-state index in [1.165, 1.54) is 17.7 Å². The number of hydrogen-bond donors (Lipinski definition) is 2. The van der Waals surface area contributed by atoms with Gasteiger partial charge in [-0.3, -0.25) is 0 Å². The molecular weight excluding hydrogens is 256 g/mol. The number of anilines is 3. The van der Waals surface area contributed by atoms with Crippen LogP contribution in [0.4, 0.5) is 17.3 Å². The van der Waals surface area contributed by atoms with Gasteiger partial charge in [0, 0.05) is 16.9 Å². The van der Waals surface area contributed by atoms with Crippen molar-refractivity contribution in [1.82, 2.24) is 9.97 Å². The van der Waals surface area contributed by atoms with Crippen LogP contribution in [-0.2, 0) is 0 Å². The molecule has 1 fully saturated rings. The van der Waals surface area contributed by atoms with E-state index in [1.807, 2.05) is 18.2 Å². The Balaban J connectivity index is 1.90. The molecule has 0 unspecified atom stereocenters. The van der Waals surface area contributed by atoms with Crippen molar-refractivity contribution in [2.45, 2.75) is 23.7 Å². The number of aromatic nitrogens is 2. The average molecular weight is 272 g/mol. The van der Waals surface area contributed by atoms with Crippen molar-refractivity contribution < 1.29 is 0 Å². The first-order chi connectivity index (χ1) is 9.26. The Morgan fingerprint density at radius 3 is 2.79 bits per heavy atom. The Kier molecular flexibility index (Phi) is 3.29. The molecule has 1 heterocycles. The molecule has 19 heavy (non-hydrogen) atoms. The Morgan fingerprint density at radius 2 is 2.05 bits per heavy atom. The summed E-state index contributed by atoms with van der Waals surface area (Å²) in [6.07, 6.45) is 4.40. The molecule has 0 aliphatic heterocycles. The zero-order chi connectivity index (χ0) is 13.2. The van der Waals surface area contributed by atoms with E-state index >= 15 is 0 Å². The maximum atomic E-state index is 5.85. The third-order valence-electron chi connectivity index (χ3n) is 3.08. The van der Waals surface area contributed by atoms with Gasteiger partial charge in [0.1, 0.15) is 17.5 Å². The molecule has 2 aromatic rings. The fraction of sp³-hybridized carbons (Fsp3) is 0.286. The quantitative estimate of drug-likeness (QED) is 0.835. The van der Waals surface area contributed by atoms with E-state index < -0.39 is 0 Å². The van der Waals surface area contributed by atoms with Gasteiger partial charge in [0.2, 0.25) is 0 Å². The number of benzene rings is 1. The summed E-state index contributed by atoms with van der Waals surface area (Å²) >= 11 is 1.70. The molecule has 0 spiro atoms. The summed E-state index contributed by atoms with van der Waals surface area (Å²) in [6, 6.07) is 9.94. The van der Waals surface area contributed by atoms with Gasteiger partial charge >= 0.3 is 0 Å². The second kappa shape index (κ2) is 5.09. The highest BCUT2D eigenvalue weighted by molar-refractivity contribution is 7.98. The number of nitrogens with one attached hydrogen (secondary N) is 1. The summed E-state index contributed by atoms with van der Waals surface area (Å²) in [5, 5.41) is 3.34. The lowest BCUT2D eigenvalue weighted by atomic mass is 10.3. The van der Waals surface area contributed by atoms with Crippen molar-refractivity contribution in [1.29, 1.82) is 0 Å². The molecule has 4 nitrogen and oxygen atoms in total. The van der Waals surface area contributed by atoms with Gasteiger partial charge < -0.3 is 11.1 Å². The summed E-state index contributed by atoms with van der Waals surface area (Å²) < 4.78 is 0. The van der Waals surface area contributed by atoms with E-state index in [9.17, 15) is 0 Å². The van der Waals surface area contributed by atoms with Crippen molar-refractivity contribution in [3.8, 4) is 0 Å². The smallest absolute Gasteiger partial charge is 0.136 e. The van der Waals surface area contributed by atoms with E-state index in [1.54, 1.807) is 17.8 Å². The highest BCUT2D eigenvalue weighted by Crippen LogP contribution is 2.39. The van der Waals surface area contributed by atoms with Crippen LogP contribution in [0.3, 0.4) is 0 Å². The van der Waals surface area contributed by atoms with E-state index in [2.05, 4.69) is 27.6 Å². The van der Waals surface area contributed by atoms with Gasteiger partial charge in [-0.2, -0.15) is 0 Å². The lowest BCUT2D eigenvalue weighted by Gasteiger charge is -2.11. The topological polar surface area (TPSA) is 63.8 Å². The first kappa shape index (κ1) is 12.3. The van der Waals surface area contributed by atoms with Gasteiger partial charge in [-0.05, 0) is 31.2 Å². The first-order valence-corrected chi connectivity index (χ1v) is 7.53. The number of hydrogen-bond acceptors (Lipinski definition) is 5. The SMILES string of the molecule is CSc1ccccc1Nc1cc(N)nc(C2CC2)n1. The summed E-state index contributed by atoms with van der Waals surface area (Å²) in [5.41, 5.74) is 6.90. The molecule has 0 atom stereocenters. The number of nitrogen functional groups attached to an aromatic ring is 1. The second-order valence-electron chi connectivity index (χ2n) is 4.64. The van der Waals surface area contributed by atoms with Gasteiger partial charge in [0.15, 0.2) is 0 Å². The molecule has 3 rings (SSSR count). The number of nitrogens with zero attached hydrogens (tertiary/aromatic N) is 2. The van der Waals surface area contributed by atoms with Crippen LogP contribution in [0.15, 0.2) is 35.2 Å². The molecule has 1 aromatic heterocycles. The van der Waals surface area contributed by atoms with Gasteiger partial charge in [0.25, 0.3) is 0 Å². The number of nitrogens with two attached hydrogens (primary N) is 1. The molecular formula is C14H16N4S. The Labute approximate surface area is 116 Å². The minimum atomic E-state index is 0.500. The van der Waals surface area contributed by atoms with E-state index in [0.717, 1.165) is 17.3 Å². The fourth-order valence-electron chi connectivity index (χ4n) is 1.96. The van der Waals surface area contributed by atoms with Gasteiger partial charge in [-0.25, -0.2) is 9.97 Å². The largest absolute Gasteiger partial charge is 0.384 e. The fourth-order valence-corrected chi connectivity index (χ4v) is 2.51. The minimum Gasteiger partial charge on any atom is -0.384 e. The lowest BCUT2D eigenvalue weighted by Crippen LogP contribution is -2.03. The molecule has 5 heteroatoms. The standard InChI is InChI=1S/C14H16N4S/c1-19-11-5-3-2-4-10(11)16-13-8-12(15)17-14(18-13)9-6-7-9/h2-5,8-9H,6-7H2,1H3,(H3,15,16,17,18). The number of para-hydroxylation sites is 1. The Hall–Kier alpha value is -1.75. The minimum absolute atomic E-state index is 0.500. The Morgan fingerprint density at radius 1 is 1.26 bits per heavy atom. The van der Waals surface area contributed by atoms with E-state index in [4.69, 9.17) is 5.73 Å². The molecule has 0 bridgehead atoms. The third kappa shape index (κ3) is 2.81. The third-order valence-corrected chi connectivity index (χ3v) is 3.87. The zero-order valence-corrected chi connectivity index (χ0v) is 11.6. The predicted octanol–water partition coefficient (Wildman–Crippen LogP) is 3.40. The lowest BCUT2D eigenvalue weighted by molar-refractivity contribution is 0.935. The molecule has 1 aromatic carbocycles. The first-order valence-electron chi connectivity index (χ1n) is 6.31. The van der Waals surface area contributed by atoms with Crippen LogP contribution in [0.25, 0.3) is 0 Å². The normalized spacial score (nSPS) is 14.4. The van der Waals surface area contributed by atoms with Crippen molar-refractivity contribution in [3.05, 3.63) is 36.2 Å². The molecule has 98 valence electrons. The average Bonchev–Trinajstić information content (AvgIpc) is 3.23. The summed E-state index contributed by atoms with van der Waals surface area (Å²) in [7, 11) is 0. The second-order valence-corrected chi connectivity index (χ2v) is 5.48. The van der Waals surface area contributed by atoms with E-state index in [0.29, 0.717) is 11.7 Å². The van der Waals surface area contributed by atoms with Crippen LogP contribution in [0.2, 0.25) is 0 Å². The van der Waals surface area contributed by atoms with Crippen LogP contribution in [-0.4, -0.2) is 16.2 Å². The maximum absolute atomic E-state index is 5.85. The molecule has 3 N–H and O–H groups in total. The van der Waals surface area contributed by atoms with Crippen molar-refractivity contribution >= 4 is 29.1 Å². The van der Waals surface area contributed by atoms with Crippen LogP contribution >= 0.6 is 11.8 Å². The molecule has 0 amide bonds. The maximum Gasteiger partial charge on any atom is 0.136 e. The monoisotopic (exact) mass is 272 g/mol. The number of thioether (sulfide) groups is 1. The molecule has 1 saturated carbocycles. The molecule has 1 aliphatic carbocycles. The zero-order valence-electron chi connectivity index (χ0n) is 10.8. The van der Waals surface area contributed by atoms with Gasteiger partial charge in [0.05, 0.1) is 5.69 Å². The molecule has 0 saturated heterocycles. The molecule has 0 radical (unpaired) electrons.